The number of aliphatic carboxylic acids is 1. The van der Waals surface area contributed by atoms with Crippen LogP contribution in [0.15, 0.2) is 42.7 Å². The average Bonchev–Trinajstić information content (AvgIpc) is 3.54. The van der Waals surface area contributed by atoms with Gasteiger partial charge in [0.25, 0.3) is 0 Å². The number of nitrogens with zero attached hydrogens (tertiary/aromatic N) is 4. The molecule has 0 unspecified atom stereocenters. The molecule has 0 bridgehead atoms. The van der Waals surface area contributed by atoms with Crippen molar-refractivity contribution in [1.29, 1.82) is 0 Å². The molecular weight excluding hydrogens is 500 g/mol. The van der Waals surface area contributed by atoms with Gasteiger partial charge in [-0.15, -0.1) is 0 Å². The second-order valence-corrected chi connectivity index (χ2v) is 10.1. The quantitative estimate of drug-likeness (QED) is 0.438. The molecule has 3 heterocycles. The molecule has 210 valence electrons. The molecule has 2 aliphatic heterocycles. The Bertz CT molecular complexity index is 1160. The van der Waals surface area contributed by atoms with Crippen molar-refractivity contribution in [3.63, 3.8) is 0 Å². The normalized spacial score (nSPS) is 20.1. The van der Waals surface area contributed by atoms with Crippen LogP contribution in [0.1, 0.15) is 51.5 Å². The van der Waals surface area contributed by atoms with Gasteiger partial charge in [-0.3, -0.25) is 24.3 Å². The van der Waals surface area contributed by atoms with Gasteiger partial charge in [-0.2, -0.15) is 0 Å². The number of benzene rings is 1. The number of pyridine rings is 1. The Balaban J connectivity index is 1.63. The molecule has 10 heteroatoms. The van der Waals surface area contributed by atoms with Crippen LogP contribution in [-0.4, -0.2) is 83.2 Å². The minimum absolute atomic E-state index is 0.0559. The third-order valence-electron chi connectivity index (χ3n) is 7.71. The number of aromatic nitrogens is 1. The van der Waals surface area contributed by atoms with Crippen molar-refractivity contribution >= 4 is 23.5 Å². The highest BCUT2D eigenvalue weighted by Gasteiger charge is 2.47. The Kier molecular flexibility index (Phi) is 9.40. The fraction of sp³-hybridized carbons (Fsp3) is 0.517. The van der Waals surface area contributed by atoms with Crippen LogP contribution in [-0.2, 0) is 14.4 Å². The highest BCUT2D eigenvalue weighted by Crippen LogP contribution is 2.42. The van der Waals surface area contributed by atoms with E-state index >= 15 is 0 Å². The fourth-order valence-corrected chi connectivity index (χ4v) is 5.65. The van der Waals surface area contributed by atoms with Gasteiger partial charge in [0, 0.05) is 51.3 Å². The van der Waals surface area contributed by atoms with Crippen molar-refractivity contribution in [2.75, 3.05) is 44.4 Å². The van der Waals surface area contributed by atoms with E-state index in [4.69, 9.17) is 9.47 Å². The smallest absolute Gasteiger partial charge is 0.308 e. The van der Waals surface area contributed by atoms with E-state index in [1.54, 1.807) is 28.3 Å². The molecule has 1 aromatic heterocycles. The Morgan fingerprint density at radius 3 is 2.59 bits per heavy atom. The minimum atomic E-state index is -0.918. The highest BCUT2D eigenvalue weighted by atomic mass is 16.7. The number of carbonyl (C=O) groups is 3. The number of carboxylic acids is 1. The van der Waals surface area contributed by atoms with E-state index < -0.39 is 17.9 Å². The van der Waals surface area contributed by atoms with E-state index in [1.807, 2.05) is 36.1 Å². The number of ether oxygens (including phenoxy) is 2. The molecule has 39 heavy (non-hydrogen) atoms. The molecule has 0 spiro atoms. The SMILES string of the molecule is CCCCN(C(=O)CN1C[C@H](c2ccc3c(c2)OCO3)[C@@H](C(=O)O)[C@@H]1CCN(CC)C(C)=O)c1cccnc1. The summed E-state index contributed by atoms with van der Waals surface area (Å²) in [5.74, 6) is -0.959. The van der Waals surface area contributed by atoms with Gasteiger partial charge in [0.05, 0.1) is 24.3 Å². The van der Waals surface area contributed by atoms with Crippen LogP contribution in [0.3, 0.4) is 0 Å². The van der Waals surface area contributed by atoms with Crippen molar-refractivity contribution < 1.29 is 29.0 Å². The molecule has 2 aliphatic rings. The largest absolute Gasteiger partial charge is 0.481 e. The minimum Gasteiger partial charge on any atom is -0.481 e. The van der Waals surface area contributed by atoms with Gasteiger partial charge >= 0.3 is 5.97 Å². The summed E-state index contributed by atoms with van der Waals surface area (Å²) in [6.07, 6.45) is 5.56. The predicted octanol–water partition coefficient (Wildman–Crippen LogP) is 3.37. The standard InChI is InChI=1S/C29H38N4O6/c1-4-6-13-33(22-8-7-12-30-16-22)27(35)18-32-17-23(21-9-10-25-26(15-21)39-19-38-25)28(29(36)37)24(32)11-14-31(5-2)20(3)34/h7-10,12,15-16,23-24,28H,4-6,11,13-14,17-19H2,1-3H3,(H,36,37)/t23-,24+,28-/m1/s1. The number of unbranched alkanes of at least 4 members (excludes halogenated alkanes) is 1. The number of hydrogen-bond donors (Lipinski definition) is 1. The average molecular weight is 539 g/mol. The molecule has 1 fully saturated rings. The molecule has 0 saturated carbocycles. The van der Waals surface area contributed by atoms with Crippen LogP contribution in [0.5, 0.6) is 11.5 Å². The zero-order valence-corrected chi connectivity index (χ0v) is 22.9. The first-order valence-electron chi connectivity index (χ1n) is 13.7. The monoisotopic (exact) mass is 538 g/mol. The van der Waals surface area contributed by atoms with Crippen molar-refractivity contribution in [1.82, 2.24) is 14.8 Å². The number of likely N-dealkylation sites (tertiary alicyclic amines) is 1. The van der Waals surface area contributed by atoms with Gasteiger partial charge in [-0.1, -0.05) is 19.4 Å². The summed E-state index contributed by atoms with van der Waals surface area (Å²) >= 11 is 0. The molecule has 0 radical (unpaired) electrons. The van der Waals surface area contributed by atoms with E-state index in [1.165, 1.54) is 6.92 Å². The third kappa shape index (κ3) is 6.50. The summed E-state index contributed by atoms with van der Waals surface area (Å²) in [5, 5.41) is 10.4. The molecule has 3 atom stereocenters. The first-order valence-corrected chi connectivity index (χ1v) is 13.7. The zero-order chi connectivity index (χ0) is 27.9. The molecule has 10 nitrogen and oxygen atoms in total. The lowest BCUT2D eigenvalue weighted by Crippen LogP contribution is -2.46. The molecule has 1 N–H and O–H groups in total. The first-order chi connectivity index (χ1) is 18.8. The molecule has 2 aromatic rings. The van der Waals surface area contributed by atoms with E-state index in [0.717, 1.165) is 24.1 Å². The Morgan fingerprint density at radius 2 is 1.92 bits per heavy atom. The highest BCUT2D eigenvalue weighted by molar-refractivity contribution is 5.94. The van der Waals surface area contributed by atoms with Crippen LogP contribution in [0.25, 0.3) is 0 Å². The van der Waals surface area contributed by atoms with Crippen LogP contribution in [0, 0.1) is 5.92 Å². The summed E-state index contributed by atoms with van der Waals surface area (Å²) in [5.41, 5.74) is 1.56. The second-order valence-electron chi connectivity index (χ2n) is 10.1. The second kappa shape index (κ2) is 12.9. The zero-order valence-electron chi connectivity index (χ0n) is 22.9. The maximum atomic E-state index is 13.7. The fourth-order valence-electron chi connectivity index (χ4n) is 5.65. The molecular formula is C29H38N4O6. The lowest BCUT2D eigenvalue weighted by Gasteiger charge is -2.31. The topological polar surface area (TPSA) is 113 Å². The summed E-state index contributed by atoms with van der Waals surface area (Å²) in [6.45, 7) is 7.61. The Hall–Kier alpha value is -3.66. The van der Waals surface area contributed by atoms with Crippen LogP contribution < -0.4 is 14.4 Å². The number of amides is 2. The number of hydrogen-bond acceptors (Lipinski definition) is 7. The molecule has 4 rings (SSSR count). The Labute approximate surface area is 229 Å². The van der Waals surface area contributed by atoms with Crippen molar-refractivity contribution in [3.05, 3.63) is 48.3 Å². The molecule has 1 aromatic carbocycles. The maximum absolute atomic E-state index is 13.7. The van der Waals surface area contributed by atoms with Crippen molar-refractivity contribution in [3.8, 4) is 11.5 Å². The van der Waals surface area contributed by atoms with Crippen molar-refractivity contribution in [2.24, 2.45) is 5.92 Å². The number of anilines is 1. The van der Waals surface area contributed by atoms with Gasteiger partial charge in [0.15, 0.2) is 11.5 Å². The van der Waals surface area contributed by atoms with Crippen LogP contribution in [0.2, 0.25) is 0 Å². The van der Waals surface area contributed by atoms with Gasteiger partial charge in [-0.25, -0.2) is 0 Å². The molecule has 2 amide bonds. The lowest BCUT2D eigenvalue weighted by atomic mass is 9.84. The van der Waals surface area contributed by atoms with E-state index in [-0.39, 0.29) is 31.1 Å². The summed E-state index contributed by atoms with van der Waals surface area (Å²) < 4.78 is 11.0. The summed E-state index contributed by atoms with van der Waals surface area (Å²) in [6, 6.07) is 8.77. The van der Waals surface area contributed by atoms with Gasteiger partial charge < -0.3 is 24.4 Å². The van der Waals surface area contributed by atoms with Crippen LogP contribution in [0.4, 0.5) is 5.69 Å². The number of rotatable bonds is 12. The summed E-state index contributed by atoms with van der Waals surface area (Å²) in [4.78, 5) is 48.2. The summed E-state index contributed by atoms with van der Waals surface area (Å²) in [7, 11) is 0. The van der Waals surface area contributed by atoms with Gasteiger partial charge in [-0.05, 0) is 49.6 Å². The van der Waals surface area contributed by atoms with E-state index in [9.17, 15) is 19.5 Å². The van der Waals surface area contributed by atoms with E-state index in [0.29, 0.717) is 44.1 Å². The first kappa shape index (κ1) is 28.4. The molecule has 1 saturated heterocycles. The number of fused-ring (bicyclic) bond motifs is 1. The van der Waals surface area contributed by atoms with Gasteiger partial charge in [0.2, 0.25) is 18.6 Å². The molecule has 0 aliphatic carbocycles. The predicted molar refractivity (Wildman–Crippen MR) is 146 cm³/mol. The Morgan fingerprint density at radius 1 is 1.13 bits per heavy atom. The van der Waals surface area contributed by atoms with Crippen molar-refractivity contribution in [2.45, 2.75) is 52.0 Å². The van der Waals surface area contributed by atoms with E-state index in [2.05, 4.69) is 11.9 Å². The van der Waals surface area contributed by atoms with Crippen LogP contribution >= 0.6 is 0 Å². The lowest BCUT2D eigenvalue weighted by molar-refractivity contribution is -0.143. The number of carbonyl (C=O) groups excluding carboxylic acids is 2. The maximum Gasteiger partial charge on any atom is 0.308 e. The van der Waals surface area contributed by atoms with Gasteiger partial charge in [0.1, 0.15) is 0 Å². The third-order valence-corrected chi connectivity index (χ3v) is 7.71. The number of carboxylic acid groups (broad SMARTS) is 1.